The Hall–Kier alpha value is -3.61. The number of rotatable bonds is 6. The second-order valence-electron chi connectivity index (χ2n) is 9.53. The summed E-state index contributed by atoms with van der Waals surface area (Å²) in [6, 6.07) is 64.7. The predicted molar refractivity (Wildman–Crippen MR) is 191 cm³/mol. The van der Waals surface area contributed by atoms with Gasteiger partial charge in [-0.25, -0.2) is 0 Å². The van der Waals surface area contributed by atoms with Gasteiger partial charge in [0.15, 0.2) is 0 Å². The van der Waals surface area contributed by atoms with Gasteiger partial charge in [-0.05, 0) is 54.6 Å². The first-order valence-corrected chi connectivity index (χ1v) is 16.9. The van der Waals surface area contributed by atoms with Crippen LogP contribution in [0.2, 0.25) is 0 Å². The summed E-state index contributed by atoms with van der Waals surface area (Å²) in [4.78, 5) is 0. The number of terminal acetylenes is 1. The monoisotopic (exact) mass is 789 g/mol. The molecule has 0 fully saturated rings. The van der Waals surface area contributed by atoms with Crippen LogP contribution < -0.4 is 31.8 Å². The van der Waals surface area contributed by atoms with Crippen molar-refractivity contribution in [1.29, 1.82) is 0 Å². The van der Waals surface area contributed by atoms with Crippen LogP contribution in [0.3, 0.4) is 0 Å². The molecule has 0 aromatic heterocycles. The summed E-state index contributed by atoms with van der Waals surface area (Å²) in [5.41, 5.74) is 0. The molecular formula is C40H36OP2Pt. The van der Waals surface area contributed by atoms with Crippen LogP contribution in [0.4, 0.5) is 0 Å². The van der Waals surface area contributed by atoms with E-state index in [1.807, 2.05) is 0 Å². The van der Waals surface area contributed by atoms with Crippen molar-refractivity contribution in [3.8, 4) is 12.3 Å². The van der Waals surface area contributed by atoms with E-state index in [0.29, 0.717) is 0 Å². The van der Waals surface area contributed by atoms with Crippen molar-refractivity contribution >= 4 is 47.7 Å². The number of hydrogen-bond acceptors (Lipinski definition) is 1. The maximum absolute atomic E-state index is 8.12. The quantitative estimate of drug-likeness (QED) is 0.144. The van der Waals surface area contributed by atoms with Gasteiger partial charge >= 0.3 is 0 Å². The van der Waals surface area contributed by atoms with Crippen LogP contribution in [0.1, 0.15) is 6.92 Å². The molecule has 0 aliphatic carbocycles. The first kappa shape index (κ1) is 34.9. The average molecular weight is 790 g/mol. The van der Waals surface area contributed by atoms with E-state index in [1.165, 1.54) is 31.8 Å². The maximum atomic E-state index is 8.12. The van der Waals surface area contributed by atoms with E-state index in [-0.39, 0.29) is 21.1 Å². The van der Waals surface area contributed by atoms with E-state index in [4.69, 9.17) is 5.11 Å². The Morgan fingerprint density at radius 3 is 0.659 bits per heavy atom. The van der Waals surface area contributed by atoms with Gasteiger partial charge in [-0.1, -0.05) is 188 Å². The molecule has 0 bridgehead atoms. The molecule has 222 valence electrons. The van der Waals surface area contributed by atoms with Gasteiger partial charge in [-0.2, -0.15) is 0 Å². The number of benzene rings is 6. The van der Waals surface area contributed by atoms with Crippen LogP contribution in [0.15, 0.2) is 182 Å². The van der Waals surface area contributed by atoms with Crippen molar-refractivity contribution in [2.75, 3.05) is 0 Å². The van der Waals surface area contributed by atoms with Crippen molar-refractivity contribution in [2.24, 2.45) is 0 Å². The first-order valence-electron chi connectivity index (χ1n) is 14.2. The third kappa shape index (κ3) is 10.8. The van der Waals surface area contributed by atoms with Crippen LogP contribution >= 0.6 is 15.8 Å². The Morgan fingerprint density at radius 1 is 0.409 bits per heavy atom. The molecule has 6 rings (SSSR count). The molecule has 1 nitrogen and oxygen atoms in total. The van der Waals surface area contributed by atoms with Crippen LogP contribution in [-0.4, -0.2) is 11.2 Å². The first-order chi connectivity index (χ1) is 21.2. The van der Waals surface area contributed by atoms with Crippen molar-refractivity contribution in [2.45, 2.75) is 13.0 Å². The van der Waals surface area contributed by atoms with Gasteiger partial charge in [0.1, 0.15) is 6.10 Å². The van der Waals surface area contributed by atoms with Crippen molar-refractivity contribution in [3.05, 3.63) is 182 Å². The largest absolute Gasteiger partial charge is 0.381 e. The fourth-order valence-electron chi connectivity index (χ4n) is 4.36. The minimum Gasteiger partial charge on any atom is -0.381 e. The van der Waals surface area contributed by atoms with Gasteiger partial charge in [0.2, 0.25) is 0 Å². The molecule has 0 spiro atoms. The standard InChI is InChI=1S/2C18H15P.C4H6O.Pt/c2*1-4-10-16(11-5-1)19(17-12-6-2-7-13-17)18-14-8-3-9-15-18;1-3-4(2)5;/h2*1-15H;1,4-5H,2H3;. The Morgan fingerprint density at radius 2 is 0.545 bits per heavy atom. The third-order valence-electron chi connectivity index (χ3n) is 6.33. The van der Waals surface area contributed by atoms with E-state index in [0.717, 1.165) is 0 Å². The van der Waals surface area contributed by atoms with Crippen molar-refractivity contribution < 1.29 is 26.2 Å². The Bertz CT molecular complexity index is 1320. The summed E-state index contributed by atoms with van der Waals surface area (Å²) in [6.07, 6.45) is 4.08. The molecule has 4 heteroatoms. The number of aliphatic hydroxyl groups excluding tert-OH is 1. The normalized spacial score (nSPS) is 10.6. The van der Waals surface area contributed by atoms with Crippen LogP contribution in [0.5, 0.6) is 0 Å². The summed E-state index contributed by atoms with van der Waals surface area (Å²) in [5, 5.41) is 16.5. The summed E-state index contributed by atoms with van der Waals surface area (Å²) >= 11 is 0. The van der Waals surface area contributed by atoms with E-state index in [2.05, 4.69) is 194 Å². The van der Waals surface area contributed by atoms with E-state index in [1.54, 1.807) is 6.92 Å². The molecule has 0 saturated carbocycles. The summed E-state index contributed by atoms with van der Waals surface area (Å²) in [6.45, 7) is 1.54. The molecule has 44 heavy (non-hydrogen) atoms. The van der Waals surface area contributed by atoms with Gasteiger partial charge in [0.05, 0.1) is 0 Å². The smallest absolute Gasteiger partial charge is 0.111 e. The molecule has 6 aromatic rings. The summed E-state index contributed by atoms with van der Waals surface area (Å²) in [7, 11) is -0.892. The molecule has 0 heterocycles. The summed E-state index contributed by atoms with van der Waals surface area (Å²) in [5.74, 6) is 2.08. The summed E-state index contributed by atoms with van der Waals surface area (Å²) < 4.78 is 0. The van der Waals surface area contributed by atoms with Gasteiger partial charge < -0.3 is 5.11 Å². The second-order valence-corrected chi connectivity index (χ2v) is 14.0. The zero-order chi connectivity index (χ0) is 30.1. The molecule has 0 radical (unpaired) electrons. The van der Waals surface area contributed by atoms with E-state index < -0.39 is 21.9 Å². The van der Waals surface area contributed by atoms with Gasteiger partial charge in [-0.15, -0.1) is 6.42 Å². The van der Waals surface area contributed by atoms with E-state index >= 15 is 0 Å². The SMILES string of the molecule is C#CC(C)O.[Pt].c1ccc(P(c2ccccc2)c2ccccc2)cc1.c1ccc(P(c2ccccc2)c2ccccc2)cc1. The molecule has 1 atom stereocenters. The number of aliphatic hydroxyl groups is 1. The Balaban J connectivity index is 0.000000205. The van der Waals surface area contributed by atoms with Gasteiger partial charge in [0.25, 0.3) is 0 Å². The predicted octanol–water partition coefficient (Wildman–Crippen LogP) is 6.89. The number of hydrogen-bond donors (Lipinski definition) is 1. The Labute approximate surface area is 279 Å². The maximum Gasteiger partial charge on any atom is 0.111 e. The van der Waals surface area contributed by atoms with E-state index in [9.17, 15) is 0 Å². The topological polar surface area (TPSA) is 20.2 Å². The van der Waals surface area contributed by atoms with Crippen molar-refractivity contribution in [1.82, 2.24) is 0 Å². The zero-order valence-corrected chi connectivity index (χ0v) is 28.7. The third-order valence-corrected chi connectivity index (χ3v) is 11.2. The fourth-order valence-corrected chi connectivity index (χ4v) is 8.97. The molecule has 0 aliphatic rings. The molecule has 6 aromatic carbocycles. The average Bonchev–Trinajstić information content (AvgIpc) is 3.09. The van der Waals surface area contributed by atoms with Crippen LogP contribution in [-0.2, 0) is 21.1 Å². The molecule has 1 N–H and O–H groups in total. The fraction of sp³-hybridized carbons (Fsp3) is 0.0500. The second kappa shape index (κ2) is 19.6. The van der Waals surface area contributed by atoms with Crippen LogP contribution in [0.25, 0.3) is 0 Å². The van der Waals surface area contributed by atoms with Gasteiger partial charge in [0, 0.05) is 21.1 Å². The molecule has 1 unspecified atom stereocenters. The minimum absolute atomic E-state index is 0. The minimum atomic E-state index is -0.588. The van der Waals surface area contributed by atoms with Gasteiger partial charge in [-0.3, -0.25) is 0 Å². The molecule has 0 amide bonds. The Kier molecular flexibility index (Phi) is 15.6. The molecule has 0 saturated heterocycles. The van der Waals surface area contributed by atoms with Crippen molar-refractivity contribution in [3.63, 3.8) is 0 Å². The molecule has 0 aliphatic heterocycles. The van der Waals surface area contributed by atoms with Crippen LogP contribution in [0, 0.1) is 12.3 Å². The molecular weight excluding hydrogens is 753 g/mol. The zero-order valence-electron chi connectivity index (χ0n) is 24.6.